The molecule has 1 aliphatic heterocycles. The Morgan fingerprint density at radius 3 is 3.06 bits per heavy atom. The normalized spacial score (nSPS) is 20.6. The molecule has 1 unspecified atom stereocenters. The molecule has 0 spiro atoms. The van der Waals surface area contributed by atoms with Crippen molar-refractivity contribution in [2.24, 2.45) is 0 Å². The van der Waals surface area contributed by atoms with E-state index in [1.54, 1.807) is 0 Å². The minimum Gasteiger partial charge on any atom is -0.352 e. The Hall–Kier alpha value is -0.950. The van der Waals surface area contributed by atoms with E-state index in [2.05, 4.69) is 34.7 Å². The zero-order valence-electron chi connectivity index (χ0n) is 8.45. The Kier molecular flexibility index (Phi) is 2.64. The van der Waals surface area contributed by atoms with Crippen LogP contribution in [0.25, 0.3) is 0 Å². The summed E-state index contributed by atoms with van der Waals surface area (Å²) in [5, 5.41) is 4.32. The van der Waals surface area contributed by atoms with E-state index in [1.165, 1.54) is 11.7 Å². The number of hydrogen-bond donors (Lipinski definition) is 0. The summed E-state index contributed by atoms with van der Waals surface area (Å²) in [4.78, 5) is 2.25. The molecule has 0 amide bonds. The van der Waals surface area contributed by atoms with Crippen LogP contribution in [0.2, 0.25) is 0 Å². The van der Waals surface area contributed by atoms with Gasteiger partial charge in [-0.1, -0.05) is 0 Å². The van der Waals surface area contributed by atoms with Crippen molar-refractivity contribution >= 4 is 33.5 Å². The molecular formula is C9H10BrN5S. The maximum absolute atomic E-state index is 4.32. The molecule has 1 fully saturated rings. The third-order valence-corrected chi connectivity index (χ3v) is 3.66. The zero-order valence-corrected chi connectivity index (χ0v) is 10.9. The molecule has 84 valence electrons. The summed E-state index contributed by atoms with van der Waals surface area (Å²) in [6.07, 6.45) is 6.78. The Balaban J connectivity index is 1.74. The van der Waals surface area contributed by atoms with Crippen molar-refractivity contribution in [1.82, 2.24) is 18.5 Å². The monoisotopic (exact) mass is 299 g/mol. The highest BCUT2D eigenvalue weighted by atomic mass is 79.9. The van der Waals surface area contributed by atoms with Gasteiger partial charge >= 0.3 is 0 Å². The highest BCUT2D eigenvalue weighted by molar-refractivity contribution is 9.10. The van der Waals surface area contributed by atoms with Crippen molar-refractivity contribution in [2.45, 2.75) is 12.5 Å². The van der Waals surface area contributed by atoms with E-state index in [1.807, 2.05) is 23.3 Å². The predicted octanol–water partition coefficient (Wildman–Crippen LogP) is 1.95. The van der Waals surface area contributed by atoms with E-state index < -0.39 is 0 Å². The van der Waals surface area contributed by atoms with Crippen LogP contribution in [0.5, 0.6) is 0 Å². The molecule has 0 aromatic carbocycles. The molecule has 0 radical (unpaired) electrons. The molecule has 1 atom stereocenters. The van der Waals surface area contributed by atoms with Gasteiger partial charge in [0.15, 0.2) is 5.82 Å². The second-order valence-electron chi connectivity index (χ2n) is 3.79. The van der Waals surface area contributed by atoms with Crippen LogP contribution in [0.4, 0.5) is 5.82 Å². The summed E-state index contributed by atoms with van der Waals surface area (Å²) >= 11 is 4.67. The van der Waals surface area contributed by atoms with Gasteiger partial charge in [0.25, 0.3) is 0 Å². The van der Waals surface area contributed by atoms with Crippen LogP contribution in [0.3, 0.4) is 0 Å². The largest absolute Gasteiger partial charge is 0.352 e. The lowest BCUT2D eigenvalue weighted by atomic mass is 10.3. The molecule has 0 bridgehead atoms. The van der Waals surface area contributed by atoms with E-state index in [9.17, 15) is 0 Å². The molecule has 0 saturated carbocycles. The molecule has 0 N–H and O–H groups in total. The number of aromatic nitrogens is 4. The fourth-order valence-corrected chi connectivity index (χ4v) is 2.72. The predicted molar refractivity (Wildman–Crippen MR) is 65.7 cm³/mol. The topological polar surface area (TPSA) is 46.8 Å². The summed E-state index contributed by atoms with van der Waals surface area (Å²) in [6.45, 7) is 1.98. The van der Waals surface area contributed by atoms with Gasteiger partial charge in [-0.2, -0.15) is 13.8 Å². The summed E-state index contributed by atoms with van der Waals surface area (Å²) in [7, 11) is 0. The number of nitrogens with zero attached hydrogens (tertiary/aromatic N) is 5. The molecule has 2 aromatic rings. The molecule has 0 aliphatic carbocycles. The van der Waals surface area contributed by atoms with Gasteiger partial charge in [-0.3, -0.25) is 4.68 Å². The molecular weight excluding hydrogens is 290 g/mol. The second kappa shape index (κ2) is 4.14. The molecule has 3 heterocycles. The van der Waals surface area contributed by atoms with E-state index in [4.69, 9.17) is 0 Å². The quantitative estimate of drug-likeness (QED) is 0.850. The highest BCUT2D eigenvalue weighted by Crippen LogP contribution is 2.26. The number of halogens is 1. The van der Waals surface area contributed by atoms with Crippen molar-refractivity contribution in [3.8, 4) is 0 Å². The van der Waals surface area contributed by atoms with Crippen LogP contribution in [-0.4, -0.2) is 31.6 Å². The molecule has 1 saturated heterocycles. The molecule has 3 rings (SSSR count). The van der Waals surface area contributed by atoms with E-state index in [0.29, 0.717) is 6.04 Å². The van der Waals surface area contributed by atoms with Gasteiger partial charge in [-0.05, 0) is 22.4 Å². The van der Waals surface area contributed by atoms with Crippen molar-refractivity contribution in [3.05, 3.63) is 23.1 Å². The first-order valence-electron chi connectivity index (χ1n) is 5.05. The fraction of sp³-hybridized carbons (Fsp3) is 0.444. The number of rotatable bonds is 2. The summed E-state index contributed by atoms with van der Waals surface area (Å²) in [5.41, 5.74) is 0. The van der Waals surface area contributed by atoms with Crippen molar-refractivity contribution in [2.75, 3.05) is 18.0 Å². The molecule has 2 aromatic heterocycles. The lowest BCUT2D eigenvalue weighted by Crippen LogP contribution is -2.21. The third-order valence-electron chi connectivity index (χ3n) is 2.78. The van der Waals surface area contributed by atoms with Gasteiger partial charge in [0.2, 0.25) is 0 Å². The first-order valence-corrected chi connectivity index (χ1v) is 6.57. The van der Waals surface area contributed by atoms with Gasteiger partial charge in [0.1, 0.15) is 0 Å². The smallest absolute Gasteiger partial charge is 0.162 e. The average molecular weight is 300 g/mol. The van der Waals surface area contributed by atoms with Gasteiger partial charge in [-0.15, -0.1) is 0 Å². The number of anilines is 1. The highest BCUT2D eigenvalue weighted by Gasteiger charge is 2.25. The lowest BCUT2D eigenvalue weighted by Gasteiger charge is -2.14. The minimum atomic E-state index is 0.438. The SMILES string of the molecule is Brc1cnn(C2CCN(c3cnsn3)C2)c1. The van der Waals surface area contributed by atoms with Crippen molar-refractivity contribution in [3.63, 3.8) is 0 Å². The summed E-state index contributed by atoms with van der Waals surface area (Å²) < 4.78 is 11.3. The first kappa shape index (κ1) is 10.2. The van der Waals surface area contributed by atoms with E-state index in [-0.39, 0.29) is 0 Å². The summed E-state index contributed by atoms with van der Waals surface area (Å²) in [5.74, 6) is 0.985. The molecule has 5 nitrogen and oxygen atoms in total. The maximum Gasteiger partial charge on any atom is 0.162 e. The van der Waals surface area contributed by atoms with Gasteiger partial charge in [-0.25, -0.2) is 0 Å². The third kappa shape index (κ3) is 1.84. The van der Waals surface area contributed by atoms with Gasteiger partial charge in [0, 0.05) is 19.3 Å². The Bertz CT molecular complexity index is 468. The average Bonchev–Trinajstić information content (AvgIpc) is 2.97. The molecule has 16 heavy (non-hydrogen) atoms. The minimum absolute atomic E-state index is 0.438. The standard InChI is InChI=1S/C9H10BrN5S/c10-7-3-11-15(5-7)8-1-2-14(6-8)9-4-12-16-13-9/h3-5,8H,1-2,6H2. The van der Waals surface area contributed by atoms with Crippen LogP contribution in [0.1, 0.15) is 12.5 Å². The Morgan fingerprint density at radius 2 is 2.38 bits per heavy atom. The Morgan fingerprint density at radius 1 is 1.44 bits per heavy atom. The lowest BCUT2D eigenvalue weighted by molar-refractivity contribution is 0.494. The first-order chi connectivity index (χ1) is 7.83. The molecule has 1 aliphatic rings. The molecule has 7 heteroatoms. The van der Waals surface area contributed by atoms with Crippen LogP contribution in [0.15, 0.2) is 23.1 Å². The fourth-order valence-electron chi connectivity index (χ4n) is 1.98. The van der Waals surface area contributed by atoms with E-state index >= 15 is 0 Å². The van der Waals surface area contributed by atoms with Crippen molar-refractivity contribution in [1.29, 1.82) is 0 Å². The van der Waals surface area contributed by atoms with Crippen LogP contribution >= 0.6 is 27.7 Å². The van der Waals surface area contributed by atoms with Crippen LogP contribution in [0, 0.1) is 0 Å². The van der Waals surface area contributed by atoms with Crippen molar-refractivity contribution < 1.29 is 0 Å². The van der Waals surface area contributed by atoms with Gasteiger partial charge < -0.3 is 4.90 Å². The Labute approximate surface area is 106 Å². The van der Waals surface area contributed by atoms with Gasteiger partial charge in [0.05, 0.1) is 34.6 Å². The zero-order chi connectivity index (χ0) is 11.0. The number of hydrogen-bond acceptors (Lipinski definition) is 5. The van der Waals surface area contributed by atoms with Crippen LogP contribution in [-0.2, 0) is 0 Å². The summed E-state index contributed by atoms with van der Waals surface area (Å²) in [6, 6.07) is 0.438. The maximum atomic E-state index is 4.32. The van der Waals surface area contributed by atoms with Crippen LogP contribution < -0.4 is 4.90 Å². The second-order valence-corrected chi connectivity index (χ2v) is 5.27. The van der Waals surface area contributed by atoms with E-state index in [0.717, 1.165) is 29.8 Å².